The number of hydrogen-bond donors (Lipinski definition) is 2. The molecule has 8 heteroatoms. The van der Waals surface area contributed by atoms with E-state index < -0.39 is 11.4 Å². The van der Waals surface area contributed by atoms with Crippen LogP contribution in [0.3, 0.4) is 0 Å². The van der Waals surface area contributed by atoms with Crippen LogP contribution >= 0.6 is 11.6 Å². The molecule has 1 amide bonds. The van der Waals surface area contributed by atoms with Crippen LogP contribution < -0.4 is 15.8 Å². The number of rotatable bonds is 5. The highest BCUT2D eigenvalue weighted by molar-refractivity contribution is 6.28. The van der Waals surface area contributed by atoms with E-state index in [-0.39, 0.29) is 23.3 Å². The van der Waals surface area contributed by atoms with Crippen LogP contribution in [-0.2, 0) is 4.79 Å². The Kier molecular flexibility index (Phi) is 4.28. The minimum atomic E-state index is -1.00. The van der Waals surface area contributed by atoms with Crippen molar-refractivity contribution in [3.05, 3.63) is 5.28 Å². The first-order chi connectivity index (χ1) is 8.20. The molecule has 0 spiro atoms. The zero-order chi connectivity index (χ0) is 13.9. The topological polar surface area (TPSA) is 103 Å². The van der Waals surface area contributed by atoms with Crippen LogP contribution in [0.1, 0.15) is 27.7 Å². The Morgan fingerprint density at radius 2 is 2.00 bits per heavy atom. The number of nitrogens with zero attached hydrogens (tertiary/aromatic N) is 3. The molecule has 0 aliphatic carbocycles. The van der Waals surface area contributed by atoms with Crippen LogP contribution in [-0.4, -0.2) is 32.5 Å². The fourth-order valence-electron chi connectivity index (χ4n) is 0.992. The molecule has 0 aliphatic heterocycles. The molecule has 0 fully saturated rings. The Hall–Kier alpha value is -1.63. The Morgan fingerprint density at radius 1 is 1.39 bits per heavy atom. The van der Waals surface area contributed by atoms with E-state index in [4.69, 9.17) is 22.1 Å². The van der Waals surface area contributed by atoms with Crippen LogP contribution in [0.5, 0.6) is 6.01 Å². The quantitative estimate of drug-likeness (QED) is 0.829. The molecule has 0 saturated heterocycles. The van der Waals surface area contributed by atoms with E-state index in [2.05, 4.69) is 20.3 Å². The summed E-state index contributed by atoms with van der Waals surface area (Å²) in [5.41, 5.74) is 4.24. The van der Waals surface area contributed by atoms with Gasteiger partial charge in [0.2, 0.25) is 17.1 Å². The predicted molar refractivity (Wildman–Crippen MR) is 67.5 cm³/mol. The number of hydrogen-bond acceptors (Lipinski definition) is 6. The molecule has 0 aliphatic rings. The summed E-state index contributed by atoms with van der Waals surface area (Å²) in [7, 11) is 0. The average Bonchev–Trinajstić information content (AvgIpc) is 2.13. The Morgan fingerprint density at radius 3 is 2.50 bits per heavy atom. The molecule has 7 nitrogen and oxygen atoms in total. The van der Waals surface area contributed by atoms with E-state index in [0.29, 0.717) is 0 Å². The van der Waals surface area contributed by atoms with Gasteiger partial charge in [-0.25, -0.2) is 0 Å². The van der Waals surface area contributed by atoms with Crippen LogP contribution in [0.4, 0.5) is 5.95 Å². The van der Waals surface area contributed by atoms with Crippen LogP contribution in [0.15, 0.2) is 0 Å². The van der Waals surface area contributed by atoms with Crippen LogP contribution in [0, 0.1) is 0 Å². The van der Waals surface area contributed by atoms with E-state index in [1.165, 1.54) is 0 Å². The normalized spacial score (nSPS) is 11.4. The molecule has 0 atom stereocenters. The average molecular weight is 274 g/mol. The molecule has 1 aromatic heterocycles. The number of nitrogens with one attached hydrogen (secondary N) is 1. The maximum Gasteiger partial charge on any atom is 0.322 e. The summed E-state index contributed by atoms with van der Waals surface area (Å²) >= 11 is 5.74. The van der Waals surface area contributed by atoms with Gasteiger partial charge in [0.1, 0.15) is 5.54 Å². The summed E-state index contributed by atoms with van der Waals surface area (Å²) < 4.78 is 5.31. The van der Waals surface area contributed by atoms with E-state index in [1.54, 1.807) is 13.8 Å². The van der Waals surface area contributed by atoms with Crippen molar-refractivity contribution in [1.29, 1.82) is 0 Å². The first-order valence-corrected chi connectivity index (χ1v) is 5.75. The first-order valence-electron chi connectivity index (χ1n) is 5.37. The number of primary amides is 1. The van der Waals surface area contributed by atoms with Gasteiger partial charge in [-0.3, -0.25) is 4.79 Å². The molecule has 18 heavy (non-hydrogen) atoms. The minimum Gasteiger partial charge on any atom is -0.461 e. The molecule has 1 rings (SSSR count). The zero-order valence-corrected chi connectivity index (χ0v) is 11.4. The van der Waals surface area contributed by atoms with E-state index in [9.17, 15) is 4.79 Å². The molecule has 0 unspecified atom stereocenters. The Bertz CT molecular complexity index is 450. The molecule has 100 valence electrons. The third kappa shape index (κ3) is 3.99. The smallest absolute Gasteiger partial charge is 0.322 e. The lowest BCUT2D eigenvalue weighted by Crippen LogP contribution is -2.45. The van der Waals surface area contributed by atoms with Crippen molar-refractivity contribution in [2.75, 3.05) is 5.32 Å². The summed E-state index contributed by atoms with van der Waals surface area (Å²) in [5.74, 6) is -0.403. The van der Waals surface area contributed by atoms with Crippen LogP contribution in [0.2, 0.25) is 5.28 Å². The van der Waals surface area contributed by atoms with Crippen molar-refractivity contribution in [2.24, 2.45) is 5.73 Å². The molecule has 3 N–H and O–H groups in total. The fourth-order valence-corrected chi connectivity index (χ4v) is 1.14. The second-order valence-electron chi connectivity index (χ2n) is 4.49. The van der Waals surface area contributed by atoms with Crippen molar-refractivity contribution < 1.29 is 9.53 Å². The number of halogens is 1. The largest absolute Gasteiger partial charge is 0.461 e. The SMILES string of the molecule is CC(C)Oc1nc(Cl)nc(NC(C)(C)C(N)=O)n1. The number of ether oxygens (including phenoxy) is 1. The van der Waals surface area contributed by atoms with Crippen LogP contribution in [0.25, 0.3) is 0 Å². The third-order valence-corrected chi connectivity index (χ3v) is 2.14. The van der Waals surface area contributed by atoms with E-state index >= 15 is 0 Å². The second kappa shape index (κ2) is 5.34. The van der Waals surface area contributed by atoms with Crippen molar-refractivity contribution in [3.8, 4) is 6.01 Å². The number of nitrogens with two attached hydrogens (primary N) is 1. The maximum absolute atomic E-state index is 11.2. The van der Waals surface area contributed by atoms with Gasteiger partial charge in [-0.15, -0.1) is 0 Å². The summed E-state index contributed by atoms with van der Waals surface area (Å²) in [6, 6.07) is 0.0905. The highest BCUT2D eigenvalue weighted by atomic mass is 35.5. The Balaban J connectivity index is 2.96. The lowest BCUT2D eigenvalue weighted by molar-refractivity contribution is -0.121. The number of carbonyl (C=O) groups is 1. The minimum absolute atomic E-state index is 0.0246. The van der Waals surface area contributed by atoms with Gasteiger partial charge in [0.25, 0.3) is 0 Å². The maximum atomic E-state index is 11.2. The molecule has 0 bridgehead atoms. The summed E-state index contributed by atoms with van der Waals surface area (Å²) in [6.45, 7) is 6.88. The van der Waals surface area contributed by atoms with E-state index in [0.717, 1.165) is 0 Å². The fraction of sp³-hybridized carbons (Fsp3) is 0.600. The molecular weight excluding hydrogens is 258 g/mol. The number of aromatic nitrogens is 3. The molecule has 1 aromatic rings. The summed E-state index contributed by atoms with van der Waals surface area (Å²) in [5, 5.41) is 2.75. The zero-order valence-electron chi connectivity index (χ0n) is 10.7. The van der Waals surface area contributed by atoms with Gasteiger partial charge >= 0.3 is 6.01 Å². The van der Waals surface area contributed by atoms with Gasteiger partial charge in [0, 0.05) is 0 Å². The van der Waals surface area contributed by atoms with Crippen molar-refractivity contribution in [1.82, 2.24) is 15.0 Å². The Labute approximate surface area is 110 Å². The van der Waals surface area contributed by atoms with Crippen molar-refractivity contribution in [2.45, 2.75) is 39.3 Å². The molecule has 0 saturated carbocycles. The van der Waals surface area contributed by atoms with Gasteiger partial charge < -0.3 is 15.8 Å². The number of amides is 1. The van der Waals surface area contributed by atoms with Crippen molar-refractivity contribution in [3.63, 3.8) is 0 Å². The lowest BCUT2D eigenvalue weighted by Gasteiger charge is -2.22. The monoisotopic (exact) mass is 273 g/mol. The van der Waals surface area contributed by atoms with E-state index in [1.807, 2.05) is 13.8 Å². The first kappa shape index (κ1) is 14.4. The van der Waals surface area contributed by atoms with Gasteiger partial charge in [-0.1, -0.05) is 0 Å². The second-order valence-corrected chi connectivity index (χ2v) is 4.83. The summed E-state index contributed by atoms with van der Waals surface area (Å²) in [4.78, 5) is 22.9. The molecule has 0 radical (unpaired) electrons. The van der Waals surface area contributed by atoms with Crippen molar-refractivity contribution >= 4 is 23.5 Å². The number of carbonyl (C=O) groups excluding carboxylic acids is 1. The van der Waals surface area contributed by atoms with Gasteiger partial charge in [0.05, 0.1) is 6.10 Å². The standard InChI is InChI=1S/C10H16ClN5O2/c1-5(2)18-9-14-7(11)13-8(15-9)16-10(3,4)6(12)17/h5H,1-4H3,(H2,12,17)(H,13,14,15,16). The third-order valence-electron chi connectivity index (χ3n) is 1.97. The summed E-state index contributed by atoms with van der Waals surface area (Å²) in [6.07, 6.45) is -0.0968. The lowest BCUT2D eigenvalue weighted by atomic mass is 10.1. The van der Waals surface area contributed by atoms with Gasteiger partial charge in [0.15, 0.2) is 0 Å². The highest BCUT2D eigenvalue weighted by Gasteiger charge is 2.26. The molecular formula is C10H16ClN5O2. The molecule has 1 heterocycles. The highest BCUT2D eigenvalue weighted by Crippen LogP contribution is 2.16. The van der Waals surface area contributed by atoms with Gasteiger partial charge in [-0.05, 0) is 39.3 Å². The van der Waals surface area contributed by atoms with Gasteiger partial charge in [-0.2, -0.15) is 15.0 Å². The number of anilines is 1. The predicted octanol–water partition coefficient (Wildman–Crippen LogP) is 0.988. The molecule has 0 aromatic carbocycles.